The number of rotatable bonds is 7. The summed E-state index contributed by atoms with van der Waals surface area (Å²) < 4.78 is 5.65. The van der Waals surface area contributed by atoms with E-state index in [0.717, 1.165) is 19.4 Å². The molecule has 0 bridgehead atoms. The van der Waals surface area contributed by atoms with Crippen LogP contribution in [0.1, 0.15) is 38.3 Å². The van der Waals surface area contributed by atoms with Gasteiger partial charge in [0.15, 0.2) is 0 Å². The molecule has 1 atom stereocenters. The van der Waals surface area contributed by atoms with Crippen molar-refractivity contribution in [1.29, 1.82) is 0 Å². The Morgan fingerprint density at radius 3 is 2.50 bits per heavy atom. The van der Waals surface area contributed by atoms with E-state index in [4.69, 9.17) is 4.74 Å². The highest BCUT2D eigenvalue weighted by Crippen LogP contribution is 2.20. The zero-order chi connectivity index (χ0) is 13.6. The molecule has 1 rings (SSSR count). The highest BCUT2D eigenvalue weighted by atomic mass is 16.5. The van der Waals surface area contributed by atoms with Crippen molar-refractivity contribution in [3.05, 3.63) is 35.4 Å². The van der Waals surface area contributed by atoms with Crippen LogP contribution < -0.4 is 5.32 Å². The van der Waals surface area contributed by atoms with Gasteiger partial charge in [0.2, 0.25) is 0 Å². The van der Waals surface area contributed by atoms with E-state index in [0.29, 0.717) is 6.04 Å². The number of nitrogens with one attached hydrogen (secondary N) is 1. The predicted octanol–water partition coefficient (Wildman–Crippen LogP) is 3.33. The molecule has 0 aromatic heterocycles. The lowest BCUT2D eigenvalue weighted by Crippen LogP contribution is -2.49. The molecule has 0 aliphatic carbocycles. The summed E-state index contributed by atoms with van der Waals surface area (Å²) in [6.07, 6.45) is 2.15. The molecule has 0 spiro atoms. The number of methoxy groups -OCH3 is 1. The minimum atomic E-state index is -0.155. The van der Waals surface area contributed by atoms with Crippen LogP contribution in [0.5, 0.6) is 0 Å². The molecule has 0 fully saturated rings. The van der Waals surface area contributed by atoms with Crippen molar-refractivity contribution >= 4 is 0 Å². The van der Waals surface area contributed by atoms with Crippen LogP contribution in [0, 0.1) is 6.92 Å². The van der Waals surface area contributed by atoms with Gasteiger partial charge in [0.25, 0.3) is 0 Å². The molecule has 0 saturated carbocycles. The van der Waals surface area contributed by atoms with E-state index in [1.165, 1.54) is 11.1 Å². The summed E-state index contributed by atoms with van der Waals surface area (Å²) in [5, 5.41) is 3.61. The van der Waals surface area contributed by atoms with Crippen LogP contribution >= 0.6 is 0 Å². The molecule has 1 N–H and O–H groups in total. The Morgan fingerprint density at radius 1 is 1.28 bits per heavy atom. The zero-order valence-corrected chi connectivity index (χ0v) is 12.4. The fraction of sp³-hybridized carbons (Fsp3) is 0.625. The molecule has 0 saturated heterocycles. The van der Waals surface area contributed by atoms with Gasteiger partial charge in [-0.05, 0) is 51.3 Å². The zero-order valence-electron chi connectivity index (χ0n) is 12.4. The minimum Gasteiger partial charge on any atom is -0.377 e. The fourth-order valence-electron chi connectivity index (χ4n) is 2.08. The third-order valence-electron chi connectivity index (χ3n) is 3.69. The quantitative estimate of drug-likeness (QED) is 0.800. The number of hydrogen-bond donors (Lipinski definition) is 1. The second-order valence-corrected chi connectivity index (χ2v) is 5.44. The lowest BCUT2D eigenvalue weighted by atomic mass is 9.90. The van der Waals surface area contributed by atoms with Crippen molar-refractivity contribution in [3.8, 4) is 0 Å². The summed E-state index contributed by atoms with van der Waals surface area (Å²) in [6.45, 7) is 9.70. The van der Waals surface area contributed by atoms with Gasteiger partial charge in [-0.2, -0.15) is 0 Å². The van der Waals surface area contributed by atoms with Crippen LogP contribution in [0.2, 0.25) is 0 Å². The Labute approximate surface area is 112 Å². The Hall–Kier alpha value is -0.860. The molecule has 0 amide bonds. The highest BCUT2D eigenvalue weighted by Gasteiger charge is 2.29. The summed E-state index contributed by atoms with van der Waals surface area (Å²) in [5.41, 5.74) is 2.60. The van der Waals surface area contributed by atoms with E-state index in [-0.39, 0.29) is 5.60 Å². The molecular weight excluding hydrogens is 222 g/mol. The first-order chi connectivity index (χ1) is 8.51. The van der Waals surface area contributed by atoms with E-state index >= 15 is 0 Å². The van der Waals surface area contributed by atoms with E-state index in [1.54, 1.807) is 7.11 Å². The van der Waals surface area contributed by atoms with Crippen LogP contribution in [-0.2, 0) is 11.2 Å². The van der Waals surface area contributed by atoms with Crippen molar-refractivity contribution in [2.24, 2.45) is 0 Å². The number of ether oxygens (including phenoxy) is 1. The standard InChI is InChI=1S/C16H27NO/c1-6-11-17-15(16(3,4)18-5)12-14-10-8-7-9-13(14)2/h7-10,15,17H,6,11-12H2,1-5H3. The summed E-state index contributed by atoms with van der Waals surface area (Å²) in [6, 6.07) is 8.92. The van der Waals surface area contributed by atoms with Crippen molar-refractivity contribution in [2.45, 2.75) is 52.2 Å². The Balaban J connectivity index is 2.81. The molecule has 0 radical (unpaired) electrons. The molecule has 1 aromatic carbocycles. The van der Waals surface area contributed by atoms with Crippen molar-refractivity contribution in [1.82, 2.24) is 5.32 Å². The summed E-state index contributed by atoms with van der Waals surface area (Å²) >= 11 is 0. The Morgan fingerprint density at radius 2 is 1.94 bits per heavy atom. The van der Waals surface area contributed by atoms with Crippen LogP contribution in [0.3, 0.4) is 0 Å². The lowest BCUT2D eigenvalue weighted by molar-refractivity contribution is -0.0100. The first-order valence-electron chi connectivity index (χ1n) is 6.84. The molecule has 2 heteroatoms. The molecule has 2 nitrogen and oxygen atoms in total. The molecule has 1 unspecified atom stereocenters. The van der Waals surface area contributed by atoms with Gasteiger partial charge in [0, 0.05) is 13.2 Å². The summed E-state index contributed by atoms with van der Waals surface area (Å²) in [5.74, 6) is 0. The van der Waals surface area contributed by atoms with Crippen molar-refractivity contribution in [2.75, 3.05) is 13.7 Å². The average molecular weight is 249 g/mol. The van der Waals surface area contributed by atoms with Crippen LogP contribution in [0.25, 0.3) is 0 Å². The maximum atomic E-state index is 5.65. The molecule has 0 aliphatic rings. The fourth-order valence-corrected chi connectivity index (χ4v) is 2.08. The Kier molecular flexibility index (Phi) is 5.83. The van der Waals surface area contributed by atoms with Crippen LogP contribution in [0.15, 0.2) is 24.3 Å². The van der Waals surface area contributed by atoms with Crippen LogP contribution in [-0.4, -0.2) is 25.3 Å². The van der Waals surface area contributed by atoms with E-state index in [1.807, 2.05) is 0 Å². The first kappa shape index (κ1) is 15.2. The normalized spacial score (nSPS) is 13.6. The van der Waals surface area contributed by atoms with Gasteiger partial charge in [0.05, 0.1) is 5.60 Å². The van der Waals surface area contributed by atoms with Gasteiger partial charge >= 0.3 is 0 Å². The first-order valence-corrected chi connectivity index (χ1v) is 6.84. The van der Waals surface area contributed by atoms with Crippen LogP contribution in [0.4, 0.5) is 0 Å². The SMILES string of the molecule is CCCNC(Cc1ccccc1C)C(C)(C)OC. The summed E-state index contributed by atoms with van der Waals surface area (Å²) in [7, 11) is 1.79. The number of benzene rings is 1. The topological polar surface area (TPSA) is 21.3 Å². The second kappa shape index (κ2) is 6.91. The highest BCUT2D eigenvalue weighted by molar-refractivity contribution is 5.26. The maximum absolute atomic E-state index is 5.65. The Bertz CT molecular complexity index is 360. The third kappa shape index (κ3) is 4.11. The molecule has 102 valence electrons. The maximum Gasteiger partial charge on any atom is 0.0778 e. The van der Waals surface area contributed by atoms with Gasteiger partial charge in [0.1, 0.15) is 0 Å². The average Bonchev–Trinajstić information content (AvgIpc) is 2.36. The van der Waals surface area contributed by atoms with Crippen molar-refractivity contribution < 1.29 is 4.74 Å². The number of hydrogen-bond acceptors (Lipinski definition) is 2. The molecule has 0 aliphatic heterocycles. The third-order valence-corrected chi connectivity index (χ3v) is 3.69. The lowest BCUT2D eigenvalue weighted by Gasteiger charge is -2.34. The predicted molar refractivity (Wildman–Crippen MR) is 78.1 cm³/mol. The van der Waals surface area contributed by atoms with Gasteiger partial charge in [-0.15, -0.1) is 0 Å². The van der Waals surface area contributed by atoms with Crippen molar-refractivity contribution in [3.63, 3.8) is 0 Å². The monoisotopic (exact) mass is 249 g/mol. The van der Waals surface area contributed by atoms with E-state index < -0.39 is 0 Å². The molecule has 0 heterocycles. The minimum absolute atomic E-state index is 0.155. The van der Waals surface area contributed by atoms with E-state index in [9.17, 15) is 0 Å². The smallest absolute Gasteiger partial charge is 0.0778 e. The summed E-state index contributed by atoms with van der Waals surface area (Å²) in [4.78, 5) is 0. The second-order valence-electron chi connectivity index (χ2n) is 5.44. The molecular formula is C16H27NO. The number of aryl methyl sites for hydroxylation is 1. The molecule has 1 aromatic rings. The van der Waals surface area contributed by atoms with Gasteiger partial charge in [-0.25, -0.2) is 0 Å². The van der Waals surface area contributed by atoms with E-state index in [2.05, 4.69) is 57.3 Å². The molecule has 18 heavy (non-hydrogen) atoms. The van der Waals surface area contributed by atoms with Gasteiger partial charge < -0.3 is 10.1 Å². The largest absolute Gasteiger partial charge is 0.377 e. The van der Waals surface area contributed by atoms with Gasteiger partial charge in [-0.3, -0.25) is 0 Å². The van der Waals surface area contributed by atoms with Gasteiger partial charge in [-0.1, -0.05) is 31.2 Å².